The van der Waals surface area contributed by atoms with Crippen LogP contribution >= 0.6 is 0 Å². The van der Waals surface area contributed by atoms with Crippen molar-refractivity contribution in [2.45, 2.75) is 46.8 Å². The Labute approximate surface area is 143 Å². The van der Waals surface area contributed by atoms with Gasteiger partial charge < -0.3 is 14.4 Å². The lowest BCUT2D eigenvalue weighted by Crippen LogP contribution is -2.36. The highest BCUT2D eigenvalue weighted by atomic mass is 16.6. The summed E-state index contributed by atoms with van der Waals surface area (Å²) in [4.78, 5) is 26.3. The third kappa shape index (κ3) is 4.73. The van der Waals surface area contributed by atoms with E-state index < -0.39 is 5.60 Å². The first-order chi connectivity index (χ1) is 11.1. The highest BCUT2D eigenvalue weighted by Gasteiger charge is 2.47. The number of rotatable bonds is 3. The van der Waals surface area contributed by atoms with Crippen LogP contribution in [0.25, 0.3) is 0 Å². The van der Waals surface area contributed by atoms with Crippen molar-refractivity contribution in [2.24, 2.45) is 11.3 Å². The number of amides is 1. The molecule has 1 aromatic rings. The minimum atomic E-state index is -0.548. The molecule has 0 aliphatic carbocycles. The highest BCUT2D eigenvalue weighted by Crippen LogP contribution is 2.36. The monoisotopic (exact) mass is 333 g/mol. The first-order valence-corrected chi connectivity index (χ1v) is 8.27. The van der Waals surface area contributed by atoms with E-state index in [0.717, 1.165) is 5.56 Å². The zero-order chi connectivity index (χ0) is 18.0. The van der Waals surface area contributed by atoms with Gasteiger partial charge in [0, 0.05) is 13.1 Å². The fourth-order valence-corrected chi connectivity index (χ4v) is 2.82. The molecule has 132 valence electrons. The smallest absolute Gasteiger partial charge is 0.410 e. The Morgan fingerprint density at radius 3 is 2.42 bits per heavy atom. The fourth-order valence-electron chi connectivity index (χ4n) is 2.82. The molecule has 1 amide bonds. The topological polar surface area (TPSA) is 55.8 Å². The number of ether oxygens (including phenoxy) is 2. The lowest BCUT2D eigenvalue weighted by atomic mass is 9.82. The van der Waals surface area contributed by atoms with E-state index in [2.05, 4.69) is 0 Å². The number of likely N-dealkylation sites (tertiary alicyclic amines) is 1. The summed E-state index contributed by atoms with van der Waals surface area (Å²) in [7, 11) is 0. The maximum atomic E-state index is 12.5. The molecule has 2 rings (SSSR count). The van der Waals surface area contributed by atoms with E-state index in [1.165, 1.54) is 0 Å². The SMILES string of the molecule is CC(C)(C)OC(=O)N1CC(C(=O)OCc2ccccc2)C(C)(C)C1. The number of esters is 1. The number of carbonyl (C=O) groups is 2. The molecule has 24 heavy (non-hydrogen) atoms. The standard InChI is InChI=1S/C19H27NO4/c1-18(2,3)24-17(22)20-11-15(19(4,5)13-20)16(21)23-12-14-9-7-6-8-10-14/h6-10,15H,11-13H2,1-5H3. The number of nitrogens with zero attached hydrogens (tertiary/aromatic N) is 1. The molecule has 1 fully saturated rings. The van der Waals surface area contributed by atoms with Crippen molar-refractivity contribution in [2.75, 3.05) is 13.1 Å². The van der Waals surface area contributed by atoms with Crippen molar-refractivity contribution in [1.29, 1.82) is 0 Å². The third-order valence-electron chi connectivity index (χ3n) is 4.10. The van der Waals surface area contributed by atoms with Gasteiger partial charge in [-0.1, -0.05) is 44.2 Å². The summed E-state index contributed by atoms with van der Waals surface area (Å²) in [5.74, 6) is -0.622. The van der Waals surface area contributed by atoms with E-state index in [0.29, 0.717) is 13.1 Å². The normalized spacial score (nSPS) is 19.9. The van der Waals surface area contributed by atoms with Crippen LogP contribution in [-0.4, -0.2) is 35.7 Å². The van der Waals surface area contributed by atoms with Crippen LogP contribution in [-0.2, 0) is 20.9 Å². The van der Waals surface area contributed by atoms with Crippen LogP contribution in [0.15, 0.2) is 30.3 Å². The molecule has 0 bridgehead atoms. The second kappa shape index (κ2) is 6.83. The number of benzene rings is 1. The van der Waals surface area contributed by atoms with Crippen molar-refractivity contribution in [3.8, 4) is 0 Å². The van der Waals surface area contributed by atoms with Gasteiger partial charge in [-0.05, 0) is 31.7 Å². The summed E-state index contributed by atoms with van der Waals surface area (Å²) >= 11 is 0. The van der Waals surface area contributed by atoms with Crippen LogP contribution in [0.3, 0.4) is 0 Å². The molecule has 1 heterocycles. The first kappa shape index (κ1) is 18.3. The van der Waals surface area contributed by atoms with Gasteiger partial charge in [0.25, 0.3) is 0 Å². The largest absolute Gasteiger partial charge is 0.461 e. The summed E-state index contributed by atoms with van der Waals surface area (Å²) in [5, 5.41) is 0. The quantitative estimate of drug-likeness (QED) is 0.793. The number of carbonyl (C=O) groups excluding carboxylic acids is 2. The molecule has 1 saturated heterocycles. The van der Waals surface area contributed by atoms with Crippen molar-refractivity contribution in [1.82, 2.24) is 4.90 Å². The summed E-state index contributed by atoms with van der Waals surface area (Å²) in [6.07, 6.45) is -0.381. The molecule has 0 radical (unpaired) electrons. The molecule has 1 aromatic carbocycles. The summed E-state index contributed by atoms with van der Waals surface area (Å²) in [5.41, 5.74) is 0.0586. The van der Waals surface area contributed by atoms with Gasteiger partial charge in [0.2, 0.25) is 0 Å². The summed E-state index contributed by atoms with van der Waals surface area (Å²) in [6, 6.07) is 9.57. The van der Waals surface area contributed by atoms with Gasteiger partial charge in [-0.2, -0.15) is 0 Å². The van der Waals surface area contributed by atoms with Gasteiger partial charge in [-0.25, -0.2) is 4.79 Å². The Morgan fingerprint density at radius 1 is 1.21 bits per heavy atom. The van der Waals surface area contributed by atoms with Crippen LogP contribution < -0.4 is 0 Å². The van der Waals surface area contributed by atoms with Crippen molar-refractivity contribution >= 4 is 12.1 Å². The van der Waals surface area contributed by atoms with Gasteiger partial charge in [-0.3, -0.25) is 4.79 Å². The van der Waals surface area contributed by atoms with Gasteiger partial charge in [0.05, 0.1) is 5.92 Å². The predicted molar refractivity (Wildman–Crippen MR) is 91.3 cm³/mol. The lowest BCUT2D eigenvalue weighted by Gasteiger charge is -2.25. The molecule has 1 aliphatic rings. The summed E-state index contributed by atoms with van der Waals surface area (Å²) in [6.45, 7) is 10.5. The highest BCUT2D eigenvalue weighted by molar-refractivity contribution is 5.77. The molecular weight excluding hydrogens is 306 g/mol. The third-order valence-corrected chi connectivity index (χ3v) is 4.10. The fraction of sp³-hybridized carbons (Fsp3) is 0.579. The number of hydrogen-bond acceptors (Lipinski definition) is 4. The molecule has 1 atom stereocenters. The maximum Gasteiger partial charge on any atom is 0.410 e. The zero-order valence-electron chi connectivity index (χ0n) is 15.2. The maximum absolute atomic E-state index is 12.5. The Hall–Kier alpha value is -2.04. The molecule has 1 aliphatic heterocycles. The minimum Gasteiger partial charge on any atom is -0.461 e. The van der Waals surface area contributed by atoms with Gasteiger partial charge in [0.15, 0.2) is 0 Å². The van der Waals surface area contributed by atoms with Crippen LogP contribution in [0.5, 0.6) is 0 Å². The molecule has 5 heteroatoms. The van der Waals surface area contributed by atoms with Crippen LogP contribution in [0.2, 0.25) is 0 Å². The Bertz CT molecular complexity index is 589. The first-order valence-electron chi connectivity index (χ1n) is 8.27. The van der Waals surface area contributed by atoms with Crippen LogP contribution in [0, 0.1) is 11.3 Å². The zero-order valence-corrected chi connectivity index (χ0v) is 15.2. The van der Waals surface area contributed by atoms with Gasteiger partial charge in [0.1, 0.15) is 12.2 Å². The van der Waals surface area contributed by atoms with Gasteiger partial charge >= 0.3 is 12.1 Å². The second-order valence-corrected chi connectivity index (χ2v) is 8.00. The van der Waals surface area contributed by atoms with E-state index in [4.69, 9.17) is 9.47 Å². The molecule has 0 saturated carbocycles. The van der Waals surface area contributed by atoms with Crippen LogP contribution in [0.4, 0.5) is 4.79 Å². The molecule has 5 nitrogen and oxygen atoms in total. The molecule has 0 N–H and O–H groups in total. The second-order valence-electron chi connectivity index (χ2n) is 8.00. The molecule has 1 unspecified atom stereocenters. The summed E-state index contributed by atoms with van der Waals surface area (Å²) < 4.78 is 10.9. The Morgan fingerprint density at radius 2 is 1.83 bits per heavy atom. The van der Waals surface area contributed by atoms with E-state index >= 15 is 0 Å². The molecule has 0 spiro atoms. The Balaban J connectivity index is 1.97. The molecule has 0 aromatic heterocycles. The average Bonchev–Trinajstić information content (AvgIpc) is 2.80. The van der Waals surface area contributed by atoms with Crippen molar-refractivity contribution in [3.05, 3.63) is 35.9 Å². The van der Waals surface area contributed by atoms with Gasteiger partial charge in [-0.15, -0.1) is 0 Å². The number of hydrogen-bond donors (Lipinski definition) is 0. The average molecular weight is 333 g/mol. The van der Waals surface area contributed by atoms with Crippen molar-refractivity contribution in [3.63, 3.8) is 0 Å². The van der Waals surface area contributed by atoms with Crippen LogP contribution in [0.1, 0.15) is 40.2 Å². The Kier molecular flexibility index (Phi) is 5.21. The predicted octanol–water partition coefficient (Wildman–Crippen LogP) is 3.62. The van der Waals surface area contributed by atoms with E-state index in [1.807, 2.05) is 65.0 Å². The van der Waals surface area contributed by atoms with E-state index in [9.17, 15) is 9.59 Å². The van der Waals surface area contributed by atoms with E-state index in [-0.39, 0.29) is 30.0 Å². The lowest BCUT2D eigenvalue weighted by molar-refractivity contribution is -0.152. The molecular formula is C19H27NO4. The minimum absolute atomic E-state index is 0.249. The van der Waals surface area contributed by atoms with E-state index in [1.54, 1.807) is 4.90 Å². The van der Waals surface area contributed by atoms with Crippen molar-refractivity contribution < 1.29 is 19.1 Å².